The van der Waals surface area contributed by atoms with Crippen LogP contribution in [0, 0.1) is 0 Å². The second kappa shape index (κ2) is 3.05. The van der Waals surface area contributed by atoms with Gasteiger partial charge >= 0.3 is 0 Å². The van der Waals surface area contributed by atoms with E-state index in [9.17, 15) is 5.11 Å². The second-order valence-corrected chi connectivity index (χ2v) is 3.56. The van der Waals surface area contributed by atoms with Crippen LogP contribution in [0.1, 0.15) is 5.56 Å². The zero-order valence-corrected chi connectivity index (χ0v) is 8.34. The highest BCUT2D eigenvalue weighted by molar-refractivity contribution is 9.10. The van der Waals surface area contributed by atoms with E-state index < -0.39 is 0 Å². The summed E-state index contributed by atoms with van der Waals surface area (Å²) in [5.41, 5.74) is 6.95. The minimum Gasteiger partial charge on any atom is -0.507 e. The first-order chi connectivity index (χ1) is 6.20. The minimum atomic E-state index is 0.201. The van der Waals surface area contributed by atoms with Gasteiger partial charge in [0.2, 0.25) is 0 Å². The zero-order valence-electron chi connectivity index (χ0n) is 6.75. The first-order valence-electron chi connectivity index (χ1n) is 3.81. The summed E-state index contributed by atoms with van der Waals surface area (Å²) in [6.07, 6.45) is 0. The van der Waals surface area contributed by atoms with Gasteiger partial charge in [0.1, 0.15) is 11.3 Å². The van der Waals surface area contributed by atoms with Gasteiger partial charge in [-0.15, -0.1) is 0 Å². The van der Waals surface area contributed by atoms with Crippen molar-refractivity contribution in [1.82, 2.24) is 0 Å². The monoisotopic (exact) mass is 241 g/mol. The highest BCUT2D eigenvalue weighted by Crippen LogP contribution is 2.31. The van der Waals surface area contributed by atoms with Gasteiger partial charge in [0.05, 0.1) is 5.39 Å². The van der Waals surface area contributed by atoms with Crippen LogP contribution in [0.15, 0.2) is 27.3 Å². The minimum absolute atomic E-state index is 0.201. The van der Waals surface area contributed by atoms with Crippen molar-refractivity contribution in [3.63, 3.8) is 0 Å². The number of fused-ring (bicyclic) bond motifs is 1. The maximum atomic E-state index is 9.56. The quantitative estimate of drug-likeness (QED) is 0.806. The van der Waals surface area contributed by atoms with E-state index in [2.05, 4.69) is 15.9 Å². The summed E-state index contributed by atoms with van der Waals surface area (Å²) < 4.78 is 5.90. The first kappa shape index (κ1) is 8.59. The Hall–Kier alpha value is -1.00. The number of phenolic OH excluding ortho intramolecular Hbond substituents is 1. The molecule has 0 aliphatic rings. The van der Waals surface area contributed by atoms with Crippen molar-refractivity contribution in [2.24, 2.45) is 5.73 Å². The van der Waals surface area contributed by atoms with Crippen molar-refractivity contribution in [3.8, 4) is 5.75 Å². The molecule has 0 saturated carbocycles. The molecular weight excluding hydrogens is 234 g/mol. The fourth-order valence-corrected chi connectivity index (χ4v) is 1.67. The van der Waals surface area contributed by atoms with Crippen LogP contribution in [-0.2, 0) is 6.54 Å². The number of rotatable bonds is 1. The van der Waals surface area contributed by atoms with E-state index in [1.807, 2.05) is 6.07 Å². The lowest BCUT2D eigenvalue weighted by molar-refractivity contribution is 0.480. The summed E-state index contributed by atoms with van der Waals surface area (Å²) in [4.78, 5) is 0. The summed E-state index contributed by atoms with van der Waals surface area (Å²) >= 11 is 3.20. The van der Waals surface area contributed by atoms with Gasteiger partial charge in [-0.1, -0.05) is 0 Å². The molecule has 0 amide bonds. The largest absolute Gasteiger partial charge is 0.507 e. The molecule has 2 aromatic rings. The van der Waals surface area contributed by atoms with Crippen LogP contribution in [0.4, 0.5) is 0 Å². The van der Waals surface area contributed by atoms with E-state index in [0.717, 1.165) is 5.56 Å². The van der Waals surface area contributed by atoms with E-state index in [-0.39, 0.29) is 5.75 Å². The third-order valence-electron chi connectivity index (χ3n) is 1.88. The molecule has 0 unspecified atom stereocenters. The Kier molecular flexibility index (Phi) is 2.01. The van der Waals surface area contributed by atoms with Crippen molar-refractivity contribution in [2.75, 3.05) is 0 Å². The van der Waals surface area contributed by atoms with Crippen LogP contribution in [0.2, 0.25) is 0 Å². The van der Waals surface area contributed by atoms with E-state index in [4.69, 9.17) is 10.2 Å². The molecular formula is C9H8BrNO2. The molecule has 1 aromatic heterocycles. The van der Waals surface area contributed by atoms with Gasteiger partial charge in [-0.05, 0) is 33.6 Å². The fraction of sp³-hybridized carbons (Fsp3) is 0.111. The number of phenols is 1. The predicted molar refractivity (Wildman–Crippen MR) is 53.5 cm³/mol. The number of hydrogen-bond donors (Lipinski definition) is 2. The number of nitrogens with two attached hydrogens (primary N) is 1. The average molecular weight is 242 g/mol. The van der Waals surface area contributed by atoms with Crippen LogP contribution < -0.4 is 5.73 Å². The molecule has 3 N–H and O–H groups in total. The molecule has 3 nitrogen and oxygen atoms in total. The first-order valence-corrected chi connectivity index (χ1v) is 4.61. The number of hydrogen-bond acceptors (Lipinski definition) is 3. The summed E-state index contributed by atoms with van der Waals surface area (Å²) in [5.74, 6) is 0.201. The molecule has 1 aromatic carbocycles. The van der Waals surface area contributed by atoms with E-state index in [1.165, 1.54) is 0 Å². The molecule has 4 heteroatoms. The topological polar surface area (TPSA) is 59.4 Å². The van der Waals surface area contributed by atoms with Gasteiger partial charge in [0.15, 0.2) is 4.67 Å². The van der Waals surface area contributed by atoms with Gasteiger partial charge < -0.3 is 15.3 Å². The lowest BCUT2D eigenvalue weighted by Gasteiger charge is -1.98. The van der Waals surface area contributed by atoms with E-state index in [0.29, 0.717) is 22.2 Å². The molecule has 0 saturated heterocycles. The third-order valence-corrected chi connectivity index (χ3v) is 2.27. The molecule has 0 bridgehead atoms. The maximum Gasteiger partial charge on any atom is 0.170 e. The van der Waals surface area contributed by atoms with Crippen molar-refractivity contribution in [2.45, 2.75) is 6.54 Å². The average Bonchev–Trinajstić information content (AvgIpc) is 2.46. The zero-order chi connectivity index (χ0) is 9.42. The molecule has 2 rings (SSSR count). The molecule has 0 aliphatic heterocycles. The Balaban J connectivity index is 2.75. The number of halogens is 1. The van der Waals surface area contributed by atoms with Crippen molar-refractivity contribution in [1.29, 1.82) is 0 Å². The summed E-state index contributed by atoms with van der Waals surface area (Å²) in [6.45, 7) is 0.391. The molecule has 0 aliphatic carbocycles. The van der Waals surface area contributed by atoms with Crippen LogP contribution in [0.3, 0.4) is 0 Å². The van der Waals surface area contributed by atoms with Crippen LogP contribution in [0.5, 0.6) is 5.75 Å². The van der Waals surface area contributed by atoms with Gasteiger partial charge in [0, 0.05) is 12.6 Å². The van der Waals surface area contributed by atoms with Gasteiger partial charge in [-0.2, -0.15) is 0 Å². The molecule has 0 spiro atoms. The lowest BCUT2D eigenvalue weighted by atomic mass is 10.1. The molecule has 0 radical (unpaired) electrons. The fourth-order valence-electron chi connectivity index (χ4n) is 1.26. The number of furan rings is 1. The molecule has 0 fully saturated rings. The van der Waals surface area contributed by atoms with Gasteiger partial charge in [0.25, 0.3) is 0 Å². The Labute approximate surface area is 83.3 Å². The maximum absolute atomic E-state index is 9.56. The SMILES string of the molecule is NCc1cc(O)c2cc(Br)oc2c1. The van der Waals surface area contributed by atoms with E-state index in [1.54, 1.807) is 12.1 Å². The van der Waals surface area contributed by atoms with Crippen molar-refractivity contribution >= 4 is 26.9 Å². The summed E-state index contributed by atoms with van der Waals surface area (Å²) in [7, 11) is 0. The highest BCUT2D eigenvalue weighted by atomic mass is 79.9. The Morgan fingerprint density at radius 2 is 2.15 bits per heavy atom. The second-order valence-electron chi connectivity index (χ2n) is 2.78. The van der Waals surface area contributed by atoms with Gasteiger partial charge in [-0.25, -0.2) is 0 Å². The molecule has 1 heterocycles. The normalized spacial score (nSPS) is 10.9. The summed E-state index contributed by atoms with van der Waals surface area (Å²) in [5, 5.41) is 10.3. The third kappa shape index (κ3) is 1.43. The Morgan fingerprint density at radius 1 is 1.38 bits per heavy atom. The number of benzene rings is 1. The van der Waals surface area contributed by atoms with Crippen LogP contribution in [0.25, 0.3) is 11.0 Å². The number of aromatic hydroxyl groups is 1. The lowest BCUT2D eigenvalue weighted by Crippen LogP contribution is -1.95. The highest BCUT2D eigenvalue weighted by Gasteiger charge is 2.07. The van der Waals surface area contributed by atoms with E-state index >= 15 is 0 Å². The van der Waals surface area contributed by atoms with Gasteiger partial charge in [-0.3, -0.25) is 0 Å². The standard InChI is InChI=1S/C9H8BrNO2/c10-9-3-6-7(12)1-5(4-11)2-8(6)13-9/h1-3,12H,4,11H2. The van der Waals surface area contributed by atoms with Crippen LogP contribution in [-0.4, -0.2) is 5.11 Å². The van der Waals surface area contributed by atoms with Crippen LogP contribution >= 0.6 is 15.9 Å². The van der Waals surface area contributed by atoms with Crippen molar-refractivity contribution in [3.05, 3.63) is 28.4 Å². The predicted octanol–water partition coefficient (Wildman–Crippen LogP) is 2.36. The molecule has 68 valence electrons. The van der Waals surface area contributed by atoms with Crippen molar-refractivity contribution < 1.29 is 9.52 Å². The molecule has 0 atom stereocenters. The Bertz CT molecular complexity index is 450. The summed E-state index contributed by atoms with van der Waals surface area (Å²) in [6, 6.07) is 5.19. The molecule has 13 heavy (non-hydrogen) atoms. The Morgan fingerprint density at radius 3 is 2.85 bits per heavy atom. The smallest absolute Gasteiger partial charge is 0.170 e.